The zero-order valence-electron chi connectivity index (χ0n) is 9.63. The highest BCUT2D eigenvalue weighted by Crippen LogP contribution is 2.54. The summed E-state index contributed by atoms with van der Waals surface area (Å²) in [5.41, 5.74) is 0. The summed E-state index contributed by atoms with van der Waals surface area (Å²) in [6.07, 6.45) is 15.5. The van der Waals surface area contributed by atoms with E-state index in [9.17, 15) is 0 Å². The van der Waals surface area contributed by atoms with Crippen LogP contribution in [0.25, 0.3) is 0 Å². The van der Waals surface area contributed by atoms with Crippen molar-refractivity contribution in [3.05, 3.63) is 12.7 Å². The lowest BCUT2D eigenvalue weighted by Gasteiger charge is -2.45. The summed E-state index contributed by atoms with van der Waals surface area (Å²) in [5, 5.41) is 0.810. The van der Waals surface area contributed by atoms with E-state index in [0.717, 1.165) is 11.1 Å². The number of halogens is 1. The smallest absolute Gasteiger partial charge is 0.0119 e. The zero-order chi connectivity index (χ0) is 9.86. The van der Waals surface area contributed by atoms with E-state index < -0.39 is 0 Å². The van der Waals surface area contributed by atoms with Crippen molar-refractivity contribution < 1.29 is 0 Å². The number of rotatable bonds is 4. The molecule has 3 atom stereocenters. The molecule has 2 fully saturated rings. The maximum absolute atomic E-state index is 3.82. The van der Waals surface area contributed by atoms with Gasteiger partial charge in [-0.2, -0.15) is 0 Å². The molecule has 0 N–H and O–H groups in total. The summed E-state index contributed by atoms with van der Waals surface area (Å²) < 4.78 is 0. The fourth-order valence-electron chi connectivity index (χ4n) is 3.33. The second-order valence-corrected chi connectivity index (χ2v) is 7.05. The van der Waals surface area contributed by atoms with Crippen LogP contribution < -0.4 is 0 Å². The average Bonchev–Trinajstić information content (AvgIpc) is 2.18. The maximum Gasteiger partial charge on any atom is -0.0119 e. The number of fused-ring (bicyclic) bond motifs is 2. The van der Waals surface area contributed by atoms with Gasteiger partial charge in [0.05, 0.1) is 0 Å². The molecule has 0 radical (unpaired) electrons. The van der Waals surface area contributed by atoms with E-state index >= 15 is 0 Å². The standard InChI is InChI=1S/C13H23P.BrH/c1-2-3-4-8-13-9-5-6-12(11-13)7-10-14-13;/h2,12,14H,1,3-11H2;1H. The van der Waals surface area contributed by atoms with Gasteiger partial charge in [0.25, 0.3) is 0 Å². The Bertz CT molecular complexity index is 193. The Labute approximate surface area is 107 Å². The van der Waals surface area contributed by atoms with Gasteiger partial charge in [-0.3, -0.25) is 0 Å². The Morgan fingerprint density at radius 3 is 3.07 bits per heavy atom. The summed E-state index contributed by atoms with van der Waals surface area (Å²) in [7, 11) is 1.28. The Hall–Kier alpha value is 0.650. The Balaban J connectivity index is 0.00000112. The number of hydrogen-bond acceptors (Lipinski definition) is 0. The molecule has 88 valence electrons. The van der Waals surface area contributed by atoms with E-state index in [2.05, 4.69) is 12.7 Å². The van der Waals surface area contributed by atoms with Gasteiger partial charge in [-0.25, -0.2) is 0 Å². The molecule has 15 heavy (non-hydrogen) atoms. The van der Waals surface area contributed by atoms with Crippen molar-refractivity contribution in [1.29, 1.82) is 0 Å². The van der Waals surface area contributed by atoms with E-state index in [4.69, 9.17) is 0 Å². The van der Waals surface area contributed by atoms with Crippen molar-refractivity contribution in [2.45, 2.75) is 56.5 Å². The van der Waals surface area contributed by atoms with Gasteiger partial charge < -0.3 is 0 Å². The predicted octanol–water partition coefficient (Wildman–Crippen LogP) is 4.93. The Kier molecular flexibility index (Phi) is 5.85. The minimum absolute atomic E-state index is 0. The van der Waals surface area contributed by atoms with Gasteiger partial charge in [0.2, 0.25) is 0 Å². The van der Waals surface area contributed by atoms with Crippen molar-refractivity contribution in [2.24, 2.45) is 5.92 Å². The molecule has 1 saturated heterocycles. The highest BCUT2D eigenvalue weighted by molar-refractivity contribution is 8.93. The van der Waals surface area contributed by atoms with Crippen molar-refractivity contribution in [3.8, 4) is 0 Å². The topological polar surface area (TPSA) is 0 Å². The van der Waals surface area contributed by atoms with E-state index in [1.165, 1.54) is 40.7 Å². The maximum atomic E-state index is 3.82. The molecule has 2 aliphatic rings. The molecule has 0 aromatic heterocycles. The molecule has 2 heteroatoms. The van der Waals surface area contributed by atoms with Gasteiger partial charge in [-0.1, -0.05) is 18.9 Å². The quantitative estimate of drug-likeness (QED) is 0.391. The van der Waals surface area contributed by atoms with Gasteiger partial charge in [-0.15, -0.1) is 32.1 Å². The summed E-state index contributed by atoms with van der Waals surface area (Å²) in [4.78, 5) is 0. The molecule has 0 spiro atoms. The molecule has 1 saturated carbocycles. The van der Waals surface area contributed by atoms with Crippen LogP contribution in [0.5, 0.6) is 0 Å². The summed E-state index contributed by atoms with van der Waals surface area (Å²) in [5.74, 6) is 1.11. The Morgan fingerprint density at radius 2 is 2.27 bits per heavy atom. The summed E-state index contributed by atoms with van der Waals surface area (Å²) in [6.45, 7) is 3.82. The third kappa shape index (κ3) is 3.56. The lowest BCUT2D eigenvalue weighted by Crippen LogP contribution is -2.35. The van der Waals surface area contributed by atoms with Crippen LogP contribution in [0.3, 0.4) is 0 Å². The molecule has 3 unspecified atom stereocenters. The third-order valence-corrected chi connectivity index (χ3v) is 6.06. The van der Waals surface area contributed by atoms with Crippen LogP contribution in [-0.4, -0.2) is 11.3 Å². The molecule has 2 rings (SSSR count). The van der Waals surface area contributed by atoms with Gasteiger partial charge in [0, 0.05) is 0 Å². The molecule has 1 heterocycles. The van der Waals surface area contributed by atoms with Gasteiger partial charge in [0.15, 0.2) is 0 Å². The molecule has 1 aliphatic carbocycles. The van der Waals surface area contributed by atoms with Crippen molar-refractivity contribution >= 4 is 25.6 Å². The van der Waals surface area contributed by atoms with E-state index in [1.807, 2.05) is 0 Å². The molecular weight excluding hydrogens is 267 g/mol. The van der Waals surface area contributed by atoms with Gasteiger partial charge >= 0.3 is 0 Å². The van der Waals surface area contributed by atoms with Crippen molar-refractivity contribution in [3.63, 3.8) is 0 Å². The van der Waals surface area contributed by atoms with Crippen LogP contribution in [0.2, 0.25) is 0 Å². The summed E-state index contributed by atoms with van der Waals surface area (Å²) >= 11 is 0. The first kappa shape index (κ1) is 13.7. The SMILES string of the molecule is Br.C=CCCCC12CCCC(CCP1)C2. The number of hydrogen-bond donors (Lipinski definition) is 0. The largest absolute Gasteiger partial charge is 0.116 e. The zero-order valence-corrected chi connectivity index (χ0v) is 12.3. The predicted molar refractivity (Wildman–Crippen MR) is 76.9 cm³/mol. The molecule has 0 amide bonds. The molecule has 2 bridgehead atoms. The molecule has 0 aromatic carbocycles. The fourth-order valence-corrected chi connectivity index (χ4v) is 5.56. The van der Waals surface area contributed by atoms with Crippen LogP contribution in [0.1, 0.15) is 51.4 Å². The second-order valence-electron chi connectivity index (χ2n) is 5.14. The van der Waals surface area contributed by atoms with Crippen LogP contribution >= 0.6 is 25.6 Å². The highest BCUT2D eigenvalue weighted by Gasteiger charge is 2.38. The minimum Gasteiger partial charge on any atom is -0.116 e. The van der Waals surface area contributed by atoms with Crippen LogP contribution in [0, 0.1) is 5.92 Å². The molecule has 1 aliphatic heterocycles. The molecule has 0 aromatic rings. The first-order valence-corrected chi connectivity index (χ1v) is 7.41. The van der Waals surface area contributed by atoms with Crippen molar-refractivity contribution in [2.75, 3.05) is 6.16 Å². The molecule has 0 nitrogen and oxygen atoms in total. The van der Waals surface area contributed by atoms with Crippen LogP contribution in [0.4, 0.5) is 0 Å². The van der Waals surface area contributed by atoms with E-state index in [-0.39, 0.29) is 17.0 Å². The van der Waals surface area contributed by atoms with Gasteiger partial charge in [0.1, 0.15) is 0 Å². The average molecular weight is 291 g/mol. The van der Waals surface area contributed by atoms with Crippen LogP contribution in [0.15, 0.2) is 12.7 Å². The fraction of sp³-hybridized carbons (Fsp3) is 0.846. The number of allylic oxidation sites excluding steroid dienone is 1. The van der Waals surface area contributed by atoms with Crippen LogP contribution in [-0.2, 0) is 0 Å². The van der Waals surface area contributed by atoms with E-state index in [0.29, 0.717) is 0 Å². The van der Waals surface area contributed by atoms with Crippen molar-refractivity contribution in [1.82, 2.24) is 0 Å². The van der Waals surface area contributed by atoms with E-state index in [1.54, 1.807) is 25.4 Å². The third-order valence-electron chi connectivity index (χ3n) is 4.06. The van der Waals surface area contributed by atoms with Gasteiger partial charge in [-0.05, 0) is 55.8 Å². The molecular formula is C13H24BrP. The first-order valence-electron chi connectivity index (χ1n) is 6.21. The normalized spacial score (nSPS) is 35.9. The number of unbranched alkanes of at least 4 members (excludes halogenated alkanes) is 1. The highest BCUT2D eigenvalue weighted by atomic mass is 79.9. The lowest BCUT2D eigenvalue weighted by atomic mass is 9.77. The second kappa shape index (κ2) is 6.40. The lowest BCUT2D eigenvalue weighted by molar-refractivity contribution is 0.260. The minimum atomic E-state index is 0. The monoisotopic (exact) mass is 290 g/mol. The Morgan fingerprint density at radius 1 is 1.40 bits per heavy atom. The first-order chi connectivity index (χ1) is 6.85. The summed E-state index contributed by atoms with van der Waals surface area (Å²) in [6, 6.07) is 0.